The Morgan fingerprint density at radius 3 is 2.50 bits per heavy atom. The van der Waals surface area contributed by atoms with Crippen LogP contribution in [0.2, 0.25) is 0 Å². The number of nitrogens with zero attached hydrogens (tertiary/aromatic N) is 2. The molecule has 0 aromatic carbocycles. The third-order valence-electron chi connectivity index (χ3n) is 1.91. The van der Waals surface area contributed by atoms with Crippen molar-refractivity contribution in [2.24, 2.45) is 0 Å². The lowest BCUT2D eigenvalue weighted by Gasteiger charge is -2.12. The van der Waals surface area contributed by atoms with E-state index in [0.29, 0.717) is 5.13 Å². The van der Waals surface area contributed by atoms with E-state index in [0.717, 1.165) is 5.01 Å². The second-order valence-corrected chi connectivity index (χ2v) is 5.66. The van der Waals surface area contributed by atoms with Crippen molar-refractivity contribution in [1.82, 2.24) is 15.5 Å². The first-order valence-electron chi connectivity index (χ1n) is 5.39. The van der Waals surface area contributed by atoms with Gasteiger partial charge in [0, 0.05) is 12.0 Å². The molecule has 8 heteroatoms. The van der Waals surface area contributed by atoms with Crippen molar-refractivity contribution in [3.05, 3.63) is 5.01 Å². The number of rotatable bonds is 4. The third-order valence-corrected chi connectivity index (χ3v) is 3.18. The molecule has 18 heavy (non-hydrogen) atoms. The van der Waals surface area contributed by atoms with Crippen LogP contribution in [0.4, 0.5) is 9.93 Å². The van der Waals surface area contributed by atoms with Gasteiger partial charge in [-0.15, -0.1) is 10.2 Å². The molecule has 0 spiro atoms. The van der Waals surface area contributed by atoms with Crippen molar-refractivity contribution in [3.8, 4) is 0 Å². The molecule has 3 N–H and O–H groups in total. The van der Waals surface area contributed by atoms with Crippen LogP contribution in [-0.4, -0.2) is 33.8 Å². The van der Waals surface area contributed by atoms with E-state index in [9.17, 15) is 9.59 Å². The zero-order chi connectivity index (χ0) is 13.8. The van der Waals surface area contributed by atoms with Crippen molar-refractivity contribution in [1.29, 1.82) is 0 Å². The van der Waals surface area contributed by atoms with Crippen LogP contribution in [0.15, 0.2) is 0 Å². The first kappa shape index (κ1) is 14.4. The lowest BCUT2D eigenvalue weighted by atomic mass is 9.98. The van der Waals surface area contributed by atoms with E-state index in [1.54, 1.807) is 0 Å². The van der Waals surface area contributed by atoms with Gasteiger partial charge in [-0.1, -0.05) is 32.1 Å². The molecule has 0 aliphatic carbocycles. The van der Waals surface area contributed by atoms with Gasteiger partial charge in [0.2, 0.25) is 5.13 Å². The summed E-state index contributed by atoms with van der Waals surface area (Å²) in [5.74, 6) is -0.957. The van der Waals surface area contributed by atoms with Gasteiger partial charge in [0.25, 0.3) is 0 Å². The number of carbonyl (C=O) groups is 2. The molecule has 0 saturated carbocycles. The van der Waals surface area contributed by atoms with Crippen molar-refractivity contribution < 1.29 is 14.7 Å². The summed E-state index contributed by atoms with van der Waals surface area (Å²) in [6.45, 7) is 6.09. The molecular formula is C10H16N4O3S. The first-order chi connectivity index (χ1) is 8.29. The molecule has 7 nitrogen and oxygen atoms in total. The molecule has 100 valence electrons. The van der Waals surface area contributed by atoms with Crippen LogP contribution in [0.3, 0.4) is 0 Å². The molecule has 0 unspecified atom stereocenters. The fourth-order valence-electron chi connectivity index (χ4n) is 1.00. The molecule has 0 radical (unpaired) electrons. The Morgan fingerprint density at radius 2 is 2.00 bits per heavy atom. The summed E-state index contributed by atoms with van der Waals surface area (Å²) >= 11 is 1.30. The van der Waals surface area contributed by atoms with E-state index in [-0.39, 0.29) is 18.4 Å². The average Bonchev–Trinajstić information content (AvgIpc) is 2.64. The number of carboxylic acid groups (broad SMARTS) is 1. The third kappa shape index (κ3) is 4.66. The fourth-order valence-corrected chi connectivity index (χ4v) is 1.80. The van der Waals surface area contributed by atoms with E-state index in [2.05, 4.69) is 20.8 Å². The minimum atomic E-state index is -0.957. The molecule has 1 aromatic heterocycles. The first-order valence-corrected chi connectivity index (χ1v) is 6.21. The number of carboxylic acids is 1. The molecule has 1 aromatic rings. The van der Waals surface area contributed by atoms with Crippen LogP contribution in [0.1, 0.15) is 32.2 Å². The summed E-state index contributed by atoms with van der Waals surface area (Å²) in [6, 6.07) is -0.479. The van der Waals surface area contributed by atoms with Crippen LogP contribution in [-0.2, 0) is 10.2 Å². The maximum Gasteiger partial charge on any atom is 0.321 e. The van der Waals surface area contributed by atoms with Crippen LogP contribution >= 0.6 is 11.3 Å². The number of hydrogen-bond donors (Lipinski definition) is 3. The number of anilines is 1. The highest BCUT2D eigenvalue weighted by Crippen LogP contribution is 2.27. The molecule has 0 bridgehead atoms. The molecule has 2 amide bonds. The Morgan fingerprint density at radius 1 is 1.33 bits per heavy atom. The Balaban J connectivity index is 2.45. The number of amides is 2. The summed E-state index contributed by atoms with van der Waals surface area (Å²) in [4.78, 5) is 21.6. The number of nitrogens with one attached hydrogen (secondary N) is 2. The molecule has 0 aliphatic heterocycles. The smallest absolute Gasteiger partial charge is 0.321 e. The van der Waals surface area contributed by atoms with Gasteiger partial charge >= 0.3 is 12.0 Å². The van der Waals surface area contributed by atoms with Crippen molar-refractivity contribution in [2.75, 3.05) is 11.9 Å². The monoisotopic (exact) mass is 272 g/mol. The molecule has 0 atom stereocenters. The van der Waals surface area contributed by atoms with Crippen LogP contribution in [0, 0.1) is 0 Å². The maximum absolute atomic E-state index is 11.4. The van der Waals surface area contributed by atoms with Gasteiger partial charge in [-0.2, -0.15) is 0 Å². The highest BCUT2D eigenvalue weighted by molar-refractivity contribution is 7.15. The van der Waals surface area contributed by atoms with E-state index < -0.39 is 12.0 Å². The van der Waals surface area contributed by atoms with Gasteiger partial charge in [0.05, 0.1) is 6.42 Å². The minimum Gasteiger partial charge on any atom is -0.481 e. The number of aromatic nitrogens is 2. The summed E-state index contributed by atoms with van der Waals surface area (Å²) in [7, 11) is 0. The van der Waals surface area contributed by atoms with Gasteiger partial charge in [-0.25, -0.2) is 4.79 Å². The van der Waals surface area contributed by atoms with Gasteiger partial charge < -0.3 is 10.4 Å². The van der Waals surface area contributed by atoms with Gasteiger partial charge in [-0.05, 0) is 0 Å². The van der Waals surface area contributed by atoms with E-state index in [1.807, 2.05) is 20.8 Å². The van der Waals surface area contributed by atoms with Crippen LogP contribution in [0.25, 0.3) is 0 Å². The fraction of sp³-hybridized carbons (Fsp3) is 0.600. The normalized spacial score (nSPS) is 11.1. The molecule has 0 fully saturated rings. The lowest BCUT2D eigenvalue weighted by Crippen LogP contribution is -2.30. The van der Waals surface area contributed by atoms with E-state index in [1.165, 1.54) is 11.3 Å². The Labute approximate surface area is 109 Å². The molecule has 0 aliphatic rings. The highest BCUT2D eigenvalue weighted by atomic mass is 32.1. The van der Waals surface area contributed by atoms with Crippen LogP contribution in [0.5, 0.6) is 0 Å². The Hall–Kier alpha value is -1.70. The summed E-state index contributed by atoms with van der Waals surface area (Å²) in [6.07, 6.45) is -0.114. The Kier molecular flexibility index (Phi) is 4.60. The van der Waals surface area contributed by atoms with Gasteiger partial charge in [0.1, 0.15) is 5.01 Å². The topological polar surface area (TPSA) is 104 Å². The number of urea groups is 1. The average molecular weight is 272 g/mol. The standard InChI is InChI=1S/C10H16N4O3S/c1-10(2,3)7-13-14-9(18-7)12-8(17)11-5-4-6(15)16/h4-5H2,1-3H3,(H,15,16)(H2,11,12,14,17). The van der Waals surface area contributed by atoms with E-state index in [4.69, 9.17) is 5.11 Å². The molecule has 1 heterocycles. The predicted molar refractivity (Wildman–Crippen MR) is 67.9 cm³/mol. The minimum absolute atomic E-state index is 0.0755. The summed E-state index contributed by atoms with van der Waals surface area (Å²) < 4.78 is 0. The summed E-state index contributed by atoms with van der Waals surface area (Å²) in [5.41, 5.74) is -0.114. The largest absolute Gasteiger partial charge is 0.481 e. The highest BCUT2D eigenvalue weighted by Gasteiger charge is 2.19. The van der Waals surface area contributed by atoms with E-state index >= 15 is 0 Å². The predicted octanol–water partition coefficient (Wildman–Crippen LogP) is 1.43. The van der Waals surface area contributed by atoms with Gasteiger partial charge in [0.15, 0.2) is 0 Å². The second-order valence-electron chi connectivity index (χ2n) is 4.69. The van der Waals surface area contributed by atoms with Crippen molar-refractivity contribution in [3.63, 3.8) is 0 Å². The van der Waals surface area contributed by atoms with Gasteiger partial charge in [-0.3, -0.25) is 10.1 Å². The second kappa shape index (κ2) is 5.76. The zero-order valence-corrected chi connectivity index (χ0v) is 11.3. The number of hydrogen-bond acceptors (Lipinski definition) is 5. The Bertz CT molecular complexity index is 439. The van der Waals surface area contributed by atoms with Crippen LogP contribution < -0.4 is 10.6 Å². The SMILES string of the molecule is CC(C)(C)c1nnc(NC(=O)NCCC(=O)O)s1. The maximum atomic E-state index is 11.4. The number of carbonyl (C=O) groups excluding carboxylic acids is 1. The van der Waals surface area contributed by atoms with Crippen molar-refractivity contribution >= 4 is 28.5 Å². The van der Waals surface area contributed by atoms with Crippen molar-refractivity contribution in [2.45, 2.75) is 32.6 Å². The lowest BCUT2D eigenvalue weighted by molar-refractivity contribution is -0.136. The summed E-state index contributed by atoms with van der Waals surface area (Å²) in [5, 5.41) is 22.4. The quantitative estimate of drug-likeness (QED) is 0.769. The number of aliphatic carboxylic acids is 1. The zero-order valence-electron chi connectivity index (χ0n) is 10.5. The molecule has 1 rings (SSSR count). The molecule has 0 saturated heterocycles. The molecular weight excluding hydrogens is 256 g/mol.